The van der Waals surface area contributed by atoms with Crippen molar-refractivity contribution in [3.63, 3.8) is 0 Å². The van der Waals surface area contributed by atoms with E-state index in [-0.39, 0.29) is 0 Å². The molecule has 0 unspecified atom stereocenters. The first-order valence-corrected chi connectivity index (χ1v) is 7.79. The average Bonchev–Trinajstić information content (AvgIpc) is 3.05. The minimum atomic E-state index is -1.21. The van der Waals surface area contributed by atoms with Crippen molar-refractivity contribution in [3.05, 3.63) is 60.7 Å². The second kappa shape index (κ2) is 8.69. The number of nitro benzene ring substituents is 3. The predicted octanol–water partition coefficient (Wildman–Crippen LogP) is 3.70. The Kier molecular flexibility index (Phi) is 6.91. The maximum atomic E-state index is 10.4. The Labute approximate surface area is 153 Å². The summed E-state index contributed by atoms with van der Waals surface area (Å²) in [4.78, 5) is 31.9. The SMILES string of the molecule is CC(C)c1cncn1C(C)C.O=[N+]([O-])c1cc([N+](=O)[O-])c(O)c([N+](=O)[O-])c1. The summed E-state index contributed by atoms with van der Waals surface area (Å²) in [5, 5.41) is 40.2. The van der Waals surface area contributed by atoms with Gasteiger partial charge in [0, 0.05) is 17.9 Å². The van der Waals surface area contributed by atoms with Crippen molar-refractivity contribution >= 4 is 17.1 Å². The van der Waals surface area contributed by atoms with Gasteiger partial charge in [0.05, 0.1) is 33.2 Å². The van der Waals surface area contributed by atoms with Crippen LogP contribution in [-0.4, -0.2) is 29.4 Å². The third-order valence-corrected chi connectivity index (χ3v) is 3.50. The number of aromatic nitrogens is 2. The molecule has 2 aromatic rings. The van der Waals surface area contributed by atoms with Crippen LogP contribution in [-0.2, 0) is 0 Å². The van der Waals surface area contributed by atoms with E-state index in [0.717, 1.165) is 0 Å². The van der Waals surface area contributed by atoms with Crippen molar-refractivity contribution in [2.75, 3.05) is 0 Å². The molecule has 0 saturated heterocycles. The quantitative estimate of drug-likeness (QED) is 0.604. The van der Waals surface area contributed by atoms with Gasteiger partial charge >= 0.3 is 11.4 Å². The van der Waals surface area contributed by atoms with Crippen LogP contribution in [0.5, 0.6) is 5.75 Å². The Bertz CT molecular complexity index is 802. The second-order valence-corrected chi connectivity index (χ2v) is 6.08. The van der Waals surface area contributed by atoms with E-state index in [1.165, 1.54) is 5.69 Å². The molecule has 0 spiro atoms. The molecule has 0 aliphatic rings. The van der Waals surface area contributed by atoms with Gasteiger partial charge in [-0.05, 0) is 19.8 Å². The molecule has 12 nitrogen and oxygen atoms in total. The Balaban J connectivity index is 0.000000289. The third-order valence-electron chi connectivity index (χ3n) is 3.50. The lowest BCUT2D eigenvalue weighted by atomic mass is 10.1. The molecule has 0 radical (unpaired) electrons. The zero-order valence-corrected chi connectivity index (χ0v) is 15.1. The number of benzene rings is 1. The van der Waals surface area contributed by atoms with Crippen LogP contribution in [0.2, 0.25) is 0 Å². The van der Waals surface area contributed by atoms with Crippen LogP contribution in [0, 0.1) is 30.3 Å². The van der Waals surface area contributed by atoms with Crippen LogP contribution >= 0.6 is 0 Å². The van der Waals surface area contributed by atoms with Crippen molar-refractivity contribution in [1.82, 2.24) is 9.55 Å². The molecule has 146 valence electrons. The molecule has 27 heavy (non-hydrogen) atoms. The van der Waals surface area contributed by atoms with E-state index in [1.807, 2.05) is 12.5 Å². The summed E-state index contributed by atoms with van der Waals surface area (Å²) in [6.45, 7) is 8.73. The van der Waals surface area contributed by atoms with Crippen LogP contribution in [0.25, 0.3) is 0 Å². The third kappa shape index (κ3) is 5.20. The highest BCUT2D eigenvalue weighted by Crippen LogP contribution is 2.38. The predicted molar refractivity (Wildman–Crippen MR) is 94.8 cm³/mol. The highest BCUT2D eigenvalue weighted by molar-refractivity contribution is 5.64. The molecule has 2 rings (SSSR count). The number of phenolic OH excluding ortho intramolecular Hbond substituents is 1. The molecule has 1 aromatic heterocycles. The zero-order chi connectivity index (χ0) is 20.9. The molecule has 1 aromatic carbocycles. The number of phenols is 1. The van der Waals surface area contributed by atoms with Gasteiger partial charge in [-0.3, -0.25) is 30.3 Å². The van der Waals surface area contributed by atoms with Crippen LogP contribution < -0.4 is 0 Å². The lowest BCUT2D eigenvalue weighted by Gasteiger charge is -2.13. The molecular formula is C15H19N5O7. The van der Waals surface area contributed by atoms with E-state index < -0.39 is 37.6 Å². The Morgan fingerprint density at radius 1 is 0.963 bits per heavy atom. The van der Waals surface area contributed by atoms with Crippen LogP contribution in [0.15, 0.2) is 24.7 Å². The van der Waals surface area contributed by atoms with Crippen LogP contribution in [0.3, 0.4) is 0 Å². The van der Waals surface area contributed by atoms with Crippen LogP contribution in [0.4, 0.5) is 17.1 Å². The Hall–Kier alpha value is -3.57. The summed E-state index contributed by atoms with van der Waals surface area (Å²) in [7, 11) is 0. The number of aromatic hydroxyl groups is 1. The summed E-state index contributed by atoms with van der Waals surface area (Å²) >= 11 is 0. The lowest BCUT2D eigenvalue weighted by molar-refractivity contribution is -0.404. The fourth-order valence-electron chi connectivity index (χ4n) is 2.17. The van der Waals surface area contributed by atoms with E-state index in [9.17, 15) is 30.3 Å². The first-order valence-electron chi connectivity index (χ1n) is 7.79. The zero-order valence-electron chi connectivity index (χ0n) is 15.1. The van der Waals surface area contributed by atoms with Crippen molar-refractivity contribution in [2.45, 2.75) is 39.7 Å². The topological polar surface area (TPSA) is 167 Å². The summed E-state index contributed by atoms with van der Waals surface area (Å²) in [6.07, 6.45) is 3.85. The number of imidazole rings is 1. The molecule has 1 heterocycles. The molecule has 12 heteroatoms. The first kappa shape index (κ1) is 21.5. The van der Waals surface area contributed by atoms with Gasteiger partial charge in [0.1, 0.15) is 0 Å². The monoisotopic (exact) mass is 381 g/mol. The van der Waals surface area contributed by atoms with Gasteiger partial charge in [0.25, 0.3) is 11.4 Å². The fourth-order valence-corrected chi connectivity index (χ4v) is 2.17. The molecule has 0 amide bonds. The minimum Gasteiger partial charge on any atom is -0.497 e. The Morgan fingerprint density at radius 3 is 1.74 bits per heavy atom. The number of nitro groups is 3. The second-order valence-electron chi connectivity index (χ2n) is 6.08. The maximum Gasteiger partial charge on any atom is 0.324 e. The van der Waals surface area contributed by atoms with Gasteiger partial charge in [-0.15, -0.1) is 0 Å². The van der Waals surface area contributed by atoms with Crippen LogP contribution in [0.1, 0.15) is 45.3 Å². The smallest absolute Gasteiger partial charge is 0.324 e. The Morgan fingerprint density at radius 2 is 1.44 bits per heavy atom. The summed E-state index contributed by atoms with van der Waals surface area (Å²) < 4.78 is 2.21. The summed E-state index contributed by atoms with van der Waals surface area (Å²) in [5.74, 6) is -0.638. The lowest BCUT2D eigenvalue weighted by Crippen LogP contribution is -2.05. The van der Waals surface area contributed by atoms with Crippen molar-refractivity contribution in [1.29, 1.82) is 0 Å². The van der Waals surface area contributed by atoms with E-state index in [1.54, 1.807) is 0 Å². The first-order chi connectivity index (χ1) is 12.5. The molecule has 0 aliphatic heterocycles. The number of hydrogen-bond donors (Lipinski definition) is 1. The van der Waals surface area contributed by atoms with Gasteiger partial charge in [0.15, 0.2) is 0 Å². The highest BCUT2D eigenvalue weighted by atomic mass is 16.6. The van der Waals surface area contributed by atoms with E-state index in [4.69, 9.17) is 5.11 Å². The van der Waals surface area contributed by atoms with E-state index in [2.05, 4.69) is 37.2 Å². The molecule has 1 N–H and O–H groups in total. The normalized spacial score (nSPS) is 10.4. The summed E-state index contributed by atoms with van der Waals surface area (Å²) in [5.41, 5.74) is -1.68. The number of non-ortho nitro benzene ring substituents is 1. The van der Waals surface area contributed by atoms with Gasteiger partial charge in [-0.2, -0.15) is 0 Å². The number of hydrogen-bond acceptors (Lipinski definition) is 8. The molecule has 0 atom stereocenters. The fraction of sp³-hybridized carbons (Fsp3) is 0.400. The van der Waals surface area contributed by atoms with Gasteiger partial charge in [-0.25, -0.2) is 4.98 Å². The van der Waals surface area contributed by atoms with Crippen molar-refractivity contribution in [3.8, 4) is 5.75 Å². The summed E-state index contributed by atoms with van der Waals surface area (Å²) in [6, 6.07) is 1.42. The molecular weight excluding hydrogens is 362 g/mol. The van der Waals surface area contributed by atoms with E-state index >= 15 is 0 Å². The highest BCUT2D eigenvalue weighted by Gasteiger charge is 2.30. The van der Waals surface area contributed by atoms with Crippen molar-refractivity contribution < 1.29 is 19.9 Å². The number of nitrogens with zero attached hydrogens (tertiary/aromatic N) is 5. The van der Waals surface area contributed by atoms with E-state index in [0.29, 0.717) is 24.1 Å². The minimum absolute atomic E-state index is 0.447. The molecule has 0 fully saturated rings. The van der Waals surface area contributed by atoms with Gasteiger partial charge < -0.3 is 9.67 Å². The largest absolute Gasteiger partial charge is 0.497 e. The van der Waals surface area contributed by atoms with Gasteiger partial charge in [0.2, 0.25) is 0 Å². The molecule has 0 aliphatic carbocycles. The van der Waals surface area contributed by atoms with Gasteiger partial charge in [-0.1, -0.05) is 13.8 Å². The average molecular weight is 381 g/mol. The van der Waals surface area contributed by atoms with Crippen molar-refractivity contribution in [2.24, 2.45) is 0 Å². The molecule has 0 saturated carbocycles. The molecule has 0 bridgehead atoms. The standard InChI is InChI=1S/C9H16N2.C6H3N3O7/c1-7(2)9-5-10-6-11(9)8(3)4;10-6-4(8(13)14)1-3(7(11)12)2-5(6)9(15)16/h5-8H,1-4H3;1-2,10H. The number of rotatable bonds is 5. The maximum absolute atomic E-state index is 10.4.